The van der Waals surface area contributed by atoms with Gasteiger partial charge in [0.1, 0.15) is 6.04 Å². The van der Waals surface area contributed by atoms with E-state index >= 15 is 0 Å². The Balaban J connectivity index is 1.69. The molecule has 0 saturated heterocycles. The number of hydrogen-bond donors (Lipinski definition) is 0. The van der Waals surface area contributed by atoms with Crippen molar-refractivity contribution >= 4 is 33.1 Å². The number of anilines is 1. The molecule has 5 rings (SSSR count). The zero-order valence-corrected chi connectivity index (χ0v) is 18.9. The number of carbonyl (C=O) groups is 1. The molecule has 4 aromatic carbocycles. The molecule has 1 heterocycles. The first-order valence-corrected chi connectivity index (χ1v) is 11.3. The molecule has 2 atom stereocenters. The van der Waals surface area contributed by atoms with Gasteiger partial charge in [-0.3, -0.25) is 9.80 Å². The van der Waals surface area contributed by atoms with E-state index in [2.05, 4.69) is 40.2 Å². The van der Waals surface area contributed by atoms with E-state index in [1.807, 2.05) is 96.0 Å². The van der Waals surface area contributed by atoms with Gasteiger partial charge in [0.15, 0.2) is 5.78 Å². The molecule has 0 amide bonds. The molecule has 0 saturated carbocycles. The average molecular weight is 481 g/mol. The third kappa shape index (κ3) is 3.90. The Bertz CT molecular complexity index is 1240. The molecule has 0 bridgehead atoms. The van der Waals surface area contributed by atoms with Gasteiger partial charge in [0, 0.05) is 10.0 Å². The summed E-state index contributed by atoms with van der Waals surface area (Å²) in [5, 5.41) is 6.95. The van der Waals surface area contributed by atoms with Crippen molar-refractivity contribution < 1.29 is 4.79 Å². The lowest BCUT2D eigenvalue weighted by Crippen LogP contribution is -2.39. The Labute approximate surface area is 196 Å². The van der Waals surface area contributed by atoms with Crippen LogP contribution in [0, 0.1) is 0 Å². The monoisotopic (exact) mass is 480 g/mol. The normalized spacial score (nSPS) is 17.8. The Kier molecular flexibility index (Phi) is 5.70. The van der Waals surface area contributed by atoms with Gasteiger partial charge in [-0.25, -0.2) is 0 Å². The number of nitrogens with zero attached hydrogens (tertiary/aromatic N) is 2. The lowest BCUT2D eigenvalue weighted by Gasteiger charge is -2.27. The van der Waals surface area contributed by atoms with Gasteiger partial charge in [0.2, 0.25) is 0 Å². The van der Waals surface area contributed by atoms with Crippen LogP contribution in [0.1, 0.15) is 27.4 Å². The van der Waals surface area contributed by atoms with Gasteiger partial charge in [-0.2, -0.15) is 5.10 Å². The molecule has 0 aliphatic carbocycles. The van der Waals surface area contributed by atoms with Crippen molar-refractivity contribution in [1.82, 2.24) is 0 Å². The van der Waals surface area contributed by atoms with Crippen LogP contribution in [0.25, 0.3) is 0 Å². The first-order chi connectivity index (χ1) is 15.7. The highest BCUT2D eigenvalue weighted by Gasteiger charge is 2.44. The molecule has 0 radical (unpaired) electrons. The van der Waals surface area contributed by atoms with Crippen molar-refractivity contribution in [2.24, 2.45) is 5.10 Å². The standard InChI is InChI=1S/C28H21BrN2O/c29-23-18-16-22(17-19-23)28(32)27-25(20-10-4-1-5-11-20)26(21-12-6-2-7-13-21)30-31(27)24-14-8-3-9-15-24/h1-19,25,27H/t25-,27-/m0/s1. The van der Waals surface area contributed by atoms with Crippen LogP contribution >= 0.6 is 15.9 Å². The fraction of sp³-hybridized carbons (Fsp3) is 0.0714. The molecule has 0 fully saturated rings. The molecule has 1 aliphatic rings. The summed E-state index contributed by atoms with van der Waals surface area (Å²) in [6.45, 7) is 0. The second-order valence-electron chi connectivity index (χ2n) is 7.74. The molecular formula is C28H21BrN2O. The van der Waals surface area contributed by atoms with Gasteiger partial charge in [-0.15, -0.1) is 0 Å². The third-order valence-corrected chi connectivity index (χ3v) is 6.26. The van der Waals surface area contributed by atoms with Crippen molar-refractivity contribution in [2.45, 2.75) is 12.0 Å². The van der Waals surface area contributed by atoms with E-state index < -0.39 is 6.04 Å². The molecule has 4 heteroatoms. The maximum atomic E-state index is 14.0. The highest BCUT2D eigenvalue weighted by molar-refractivity contribution is 9.10. The minimum Gasteiger partial charge on any atom is -0.292 e. The SMILES string of the molecule is O=C(c1ccc(Br)cc1)[C@@H]1[C@@H](c2ccccc2)C(c2ccccc2)=NN1c1ccccc1. The summed E-state index contributed by atoms with van der Waals surface area (Å²) in [7, 11) is 0. The maximum Gasteiger partial charge on any atom is 0.188 e. The Morgan fingerprint density at radius 2 is 1.28 bits per heavy atom. The predicted octanol–water partition coefficient (Wildman–Crippen LogP) is 6.71. The maximum absolute atomic E-state index is 14.0. The number of Topliss-reactive ketones (excluding diaryl/α,β-unsaturated/α-hetero) is 1. The summed E-state index contributed by atoms with van der Waals surface area (Å²) in [6.07, 6.45) is 0. The molecule has 4 aromatic rings. The van der Waals surface area contributed by atoms with Crippen molar-refractivity contribution in [1.29, 1.82) is 0 Å². The molecule has 0 unspecified atom stereocenters. The molecule has 156 valence electrons. The van der Waals surface area contributed by atoms with E-state index in [0.717, 1.165) is 27.0 Å². The Morgan fingerprint density at radius 3 is 1.91 bits per heavy atom. The third-order valence-electron chi connectivity index (χ3n) is 5.74. The topological polar surface area (TPSA) is 32.7 Å². The fourth-order valence-corrected chi connectivity index (χ4v) is 4.49. The van der Waals surface area contributed by atoms with Crippen LogP contribution in [0.15, 0.2) is 125 Å². The quantitative estimate of drug-likeness (QED) is 0.297. The number of para-hydroxylation sites is 1. The summed E-state index contributed by atoms with van der Waals surface area (Å²) in [5.41, 5.74) is 4.56. The number of benzene rings is 4. The highest BCUT2D eigenvalue weighted by atomic mass is 79.9. The summed E-state index contributed by atoms with van der Waals surface area (Å²) < 4.78 is 0.946. The van der Waals surface area contributed by atoms with E-state index in [0.29, 0.717) is 5.56 Å². The second-order valence-corrected chi connectivity index (χ2v) is 8.65. The fourth-order valence-electron chi connectivity index (χ4n) is 4.22. The van der Waals surface area contributed by atoms with Crippen LogP contribution in [0.4, 0.5) is 5.69 Å². The molecule has 32 heavy (non-hydrogen) atoms. The lowest BCUT2D eigenvalue weighted by molar-refractivity contribution is 0.0957. The highest BCUT2D eigenvalue weighted by Crippen LogP contribution is 2.38. The number of halogens is 1. The van der Waals surface area contributed by atoms with Crippen LogP contribution in [0.3, 0.4) is 0 Å². The number of hydrazone groups is 1. The Hall–Kier alpha value is -3.50. The zero-order valence-electron chi connectivity index (χ0n) is 17.3. The van der Waals surface area contributed by atoms with E-state index in [-0.39, 0.29) is 11.7 Å². The van der Waals surface area contributed by atoms with Gasteiger partial charge in [0.05, 0.1) is 17.3 Å². The molecule has 0 N–H and O–H groups in total. The molecule has 0 aromatic heterocycles. The van der Waals surface area contributed by atoms with Gasteiger partial charge in [-0.1, -0.05) is 107 Å². The van der Waals surface area contributed by atoms with Crippen LogP contribution in [0.2, 0.25) is 0 Å². The van der Waals surface area contributed by atoms with Crippen LogP contribution in [0.5, 0.6) is 0 Å². The van der Waals surface area contributed by atoms with Gasteiger partial charge >= 0.3 is 0 Å². The van der Waals surface area contributed by atoms with Crippen molar-refractivity contribution in [3.8, 4) is 0 Å². The summed E-state index contributed by atoms with van der Waals surface area (Å²) >= 11 is 3.47. The summed E-state index contributed by atoms with van der Waals surface area (Å²) in [4.78, 5) is 14.0. The van der Waals surface area contributed by atoms with E-state index in [9.17, 15) is 4.79 Å². The number of hydrogen-bond acceptors (Lipinski definition) is 3. The van der Waals surface area contributed by atoms with E-state index in [1.165, 1.54) is 0 Å². The minimum absolute atomic E-state index is 0.0462. The zero-order chi connectivity index (χ0) is 21.9. The predicted molar refractivity (Wildman–Crippen MR) is 133 cm³/mol. The van der Waals surface area contributed by atoms with Crippen molar-refractivity contribution in [2.75, 3.05) is 5.01 Å². The van der Waals surface area contributed by atoms with Gasteiger partial charge in [0.25, 0.3) is 0 Å². The molecule has 0 spiro atoms. The minimum atomic E-state index is -0.490. The summed E-state index contributed by atoms with van der Waals surface area (Å²) in [5.74, 6) is -0.153. The summed E-state index contributed by atoms with van der Waals surface area (Å²) in [6, 6.07) is 37.3. The first kappa shape index (κ1) is 20.4. The van der Waals surface area contributed by atoms with Gasteiger partial charge < -0.3 is 0 Å². The van der Waals surface area contributed by atoms with Crippen LogP contribution in [-0.2, 0) is 0 Å². The van der Waals surface area contributed by atoms with E-state index in [1.54, 1.807) is 0 Å². The first-order valence-electron chi connectivity index (χ1n) is 10.6. The molecular weight excluding hydrogens is 460 g/mol. The van der Waals surface area contributed by atoms with Gasteiger partial charge in [-0.05, 0) is 35.4 Å². The average Bonchev–Trinajstić information content (AvgIpc) is 3.26. The molecule has 3 nitrogen and oxygen atoms in total. The number of carbonyl (C=O) groups excluding carboxylic acids is 1. The second kappa shape index (κ2) is 8.93. The van der Waals surface area contributed by atoms with Crippen molar-refractivity contribution in [3.05, 3.63) is 136 Å². The van der Waals surface area contributed by atoms with Crippen molar-refractivity contribution in [3.63, 3.8) is 0 Å². The van der Waals surface area contributed by atoms with Crippen LogP contribution in [-0.4, -0.2) is 17.5 Å². The smallest absolute Gasteiger partial charge is 0.188 e. The number of rotatable bonds is 5. The molecule has 1 aliphatic heterocycles. The van der Waals surface area contributed by atoms with Crippen LogP contribution < -0.4 is 5.01 Å². The Morgan fingerprint density at radius 1 is 0.719 bits per heavy atom. The lowest BCUT2D eigenvalue weighted by atomic mass is 9.82. The number of ketones is 1. The largest absolute Gasteiger partial charge is 0.292 e. The van der Waals surface area contributed by atoms with E-state index in [4.69, 9.17) is 5.10 Å².